The molecule has 1 rings (SSSR count). The van der Waals surface area contributed by atoms with Gasteiger partial charge < -0.3 is 14.5 Å². The van der Waals surface area contributed by atoms with Crippen LogP contribution in [0.2, 0.25) is 0 Å². The zero-order valence-corrected chi connectivity index (χ0v) is 9.66. The van der Waals surface area contributed by atoms with Gasteiger partial charge in [0.15, 0.2) is 0 Å². The molecular formula is C12H17NO3. The fourth-order valence-corrected chi connectivity index (χ4v) is 1.22. The molecule has 0 aliphatic rings. The Kier molecular flexibility index (Phi) is 4.79. The molecule has 1 aromatic heterocycles. The quantitative estimate of drug-likeness (QED) is 0.592. The fourth-order valence-electron chi connectivity index (χ4n) is 1.22. The van der Waals surface area contributed by atoms with E-state index in [0.717, 1.165) is 5.76 Å². The highest BCUT2D eigenvalue weighted by atomic mass is 16.5. The molecule has 0 aliphatic heterocycles. The molecule has 4 heteroatoms. The maximum absolute atomic E-state index is 11.3. The van der Waals surface area contributed by atoms with Crippen LogP contribution in [0.15, 0.2) is 35.0 Å². The molecule has 1 aromatic rings. The second-order valence-corrected chi connectivity index (χ2v) is 3.44. The van der Waals surface area contributed by atoms with Crippen molar-refractivity contribution in [2.75, 3.05) is 13.2 Å². The SMILES string of the molecule is C=C(CN[C@@H](C)c1ccco1)C(=O)OCC. The molecule has 0 aromatic carbocycles. The highest BCUT2D eigenvalue weighted by Gasteiger charge is 2.11. The summed E-state index contributed by atoms with van der Waals surface area (Å²) in [6.45, 7) is 8.14. The lowest BCUT2D eigenvalue weighted by Gasteiger charge is -2.12. The summed E-state index contributed by atoms with van der Waals surface area (Å²) >= 11 is 0. The molecular weight excluding hydrogens is 206 g/mol. The van der Waals surface area contributed by atoms with Gasteiger partial charge in [-0.15, -0.1) is 0 Å². The first-order chi connectivity index (χ1) is 7.65. The summed E-state index contributed by atoms with van der Waals surface area (Å²) in [4.78, 5) is 11.3. The maximum Gasteiger partial charge on any atom is 0.334 e. The number of furan rings is 1. The Morgan fingerprint density at radius 1 is 1.69 bits per heavy atom. The van der Waals surface area contributed by atoms with Gasteiger partial charge in [-0.2, -0.15) is 0 Å². The van der Waals surface area contributed by atoms with E-state index in [-0.39, 0.29) is 12.0 Å². The molecule has 1 N–H and O–H groups in total. The summed E-state index contributed by atoms with van der Waals surface area (Å²) < 4.78 is 10.1. The third kappa shape index (κ3) is 3.55. The van der Waals surface area contributed by atoms with Crippen LogP contribution in [0.5, 0.6) is 0 Å². The average molecular weight is 223 g/mol. The Morgan fingerprint density at radius 3 is 3.00 bits per heavy atom. The molecule has 0 saturated heterocycles. The number of hydrogen-bond acceptors (Lipinski definition) is 4. The third-order valence-electron chi connectivity index (χ3n) is 2.16. The van der Waals surface area contributed by atoms with Crippen molar-refractivity contribution in [3.8, 4) is 0 Å². The fraction of sp³-hybridized carbons (Fsp3) is 0.417. The van der Waals surface area contributed by atoms with E-state index in [0.29, 0.717) is 18.7 Å². The van der Waals surface area contributed by atoms with Crippen molar-refractivity contribution in [2.24, 2.45) is 0 Å². The van der Waals surface area contributed by atoms with Gasteiger partial charge in [-0.25, -0.2) is 4.79 Å². The molecule has 0 unspecified atom stereocenters. The predicted octanol–water partition coefficient (Wildman–Crippen LogP) is 2.05. The van der Waals surface area contributed by atoms with Crippen molar-refractivity contribution in [2.45, 2.75) is 19.9 Å². The van der Waals surface area contributed by atoms with Crippen LogP contribution in [-0.2, 0) is 9.53 Å². The molecule has 0 spiro atoms. The lowest BCUT2D eigenvalue weighted by atomic mass is 10.2. The Labute approximate surface area is 95.3 Å². The monoisotopic (exact) mass is 223 g/mol. The van der Waals surface area contributed by atoms with Gasteiger partial charge in [-0.05, 0) is 26.0 Å². The van der Waals surface area contributed by atoms with Crippen molar-refractivity contribution in [1.82, 2.24) is 5.32 Å². The van der Waals surface area contributed by atoms with Crippen molar-refractivity contribution >= 4 is 5.97 Å². The molecule has 0 saturated carbocycles. The molecule has 0 bridgehead atoms. The van der Waals surface area contributed by atoms with E-state index in [1.165, 1.54) is 0 Å². The first-order valence-corrected chi connectivity index (χ1v) is 5.26. The largest absolute Gasteiger partial charge is 0.468 e. The second kappa shape index (κ2) is 6.12. The first kappa shape index (κ1) is 12.5. The van der Waals surface area contributed by atoms with Crippen LogP contribution in [0, 0.1) is 0 Å². The van der Waals surface area contributed by atoms with E-state index < -0.39 is 0 Å². The maximum atomic E-state index is 11.3. The van der Waals surface area contributed by atoms with Crippen LogP contribution in [0.1, 0.15) is 25.6 Å². The minimum Gasteiger partial charge on any atom is -0.468 e. The second-order valence-electron chi connectivity index (χ2n) is 3.44. The van der Waals surface area contributed by atoms with Crippen LogP contribution in [0.3, 0.4) is 0 Å². The van der Waals surface area contributed by atoms with Gasteiger partial charge in [0.25, 0.3) is 0 Å². The van der Waals surface area contributed by atoms with Gasteiger partial charge >= 0.3 is 5.97 Å². The minimum atomic E-state index is -0.360. The molecule has 0 radical (unpaired) electrons. The number of carbonyl (C=O) groups is 1. The number of ether oxygens (including phenoxy) is 1. The number of esters is 1. The Hall–Kier alpha value is -1.55. The van der Waals surface area contributed by atoms with Crippen molar-refractivity contribution < 1.29 is 13.9 Å². The van der Waals surface area contributed by atoms with E-state index in [1.54, 1.807) is 13.2 Å². The molecule has 88 valence electrons. The van der Waals surface area contributed by atoms with Crippen LogP contribution < -0.4 is 5.32 Å². The van der Waals surface area contributed by atoms with Crippen molar-refractivity contribution in [3.63, 3.8) is 0 Å². The predicted molar refractivity (Wildman–Crippen MR) is 60.9 cm³/mol. The number of hydrogen-bond donors (Lipinski definition) is 1. The van der Waals surface area contributed by atoms with E-state index in [1.807, 2.05) is 19.1 Å². The van der Waals surface area contributed by atoms with Gasteiger partial charge in [-0.1, -0.05) is 6.58 Å². The Bertz CT molecular complexity index is 343. The lowest BCUT2D eigenvalue weighted by Crippen LogP contribution is -2.24. The van der Waals surface area contributed by atoms with Gasteiger partial charge in [0.05, 0.1) is 18.9 Å². The van der Waals surface area contributed by atoms with Crippen LogP contribution in [0.25, 0.3) is 0 Å². The van der Waals surface area contributed by atoms with E-state index >= 15 is 0 Å². The minimum absolute atomic E-state index is 0.0428. The standard InChI is InChI=1S/C12H17NO3/c1-4-15-12(14)9(2)8-13-10(3)11-6-5-7-16-11/h5-7,10,13H,2,4,8H2,1,3H3/t10-/m0/s1. The number of carbonyl (C=O) groups excluding carboxylic acids is 1. The first-order valence-electron chi connectivity index (χ1n) is 5.26. The lowest BCUT2D eigenvalue weighted by molar-refractivity contribution is -0.138. The topological polar surface area (TPSA) is 51.5 Å². The van der Waals surface area contributed by atoms with Crippen LogP contribution in [0.4, 0.5) is 0 Å². The third-order valence-corrected chi connectivity index (χ3v) is 2.16. The normalized spacial score (nSPS) is 12.1. The Morgan fingerprint density at radius 2 is 2.44 bits per heavy atom. The molecule has 16 heavy (non-hydrogen) atoms. The smallest absolute Gasteiger partial charge is 0.334 e. The van der Waals surface area contributed by atoms with E-state index in [4.69, 9.17) is 9.15 Å². The zero-order chi connectivity index (χ0) is 12.0. The molecule has 0 amide bonds. The van der Waals surface area contributed by atoms with Gasteiger partial charge in [0, 0.05) is 12.1 Å². The van der Waals surface area contributed by atoms with Crippen LogP contribution >= 0.6 is 0 Å². The molecule has 0 aliphatic carbocycles. The Balaban J connectivity index is 2.34. The van der Waals surface area contributed by atoms with Gasteiger partial charge in [0.2, 0.25) is 0 Å². The summed E-state index contributed by atoms with van der Waals surface area (Å²) in [5.74, 6) is 0.471. The zero-order valence-electron chi connectivity index (χ0n) is 9.66. The molecule has 1 heterocycles. The highest BCUT2D eigenvalue weighted by Crippen LogP contribution is 2.12. The average Bonchev–Trinajstić information content (AvgIpc) is 2.79. The van der Waals surface area contributed by atoms with E-state index in [9.17, 15) is 4.79 Å². The number of rotatable bonds is 6. The summed E-state index contributed by atoms with van der Waals surface area (Å²) in [6.07, 6.45) is 1.62. The molecule has 1 atom stereocenters. The van der Waals surface area contributed by atoms with Gasteiger partial charge in [-0.3, -0.25) is 0 Å². The highest BCUT2D eigenvalue weighted by molar-refractivity contribution is 5.88. The van der Waals surface area contributed by atoms with E-state index in [2.05, 4.69) is 11.9 Å². The molecule has 0 fully saturated rings. The number of nitrogens with one attached hydrogen (secondary N) is 1. The summed E-state index contributed by atoms with van der Waals surface area (Å²) in [5.41, 5.74) is 0.417. The summed E-state index contributed by atoms with van der Waals surface area (Å²) in [6, 6.07) is 3.75. The van der Waals surface area contributed by atoms with Crippen LogP contribution in [-0.4, -0.2) is 19.1 Å². The molecule has 4 nitrogen and oxygen atoms in total. The summed E-state index contributed by atoms with van der Waals surface area (Å²) in [7, 11) is 0. The summed E-state index contributed by atoms with van der Waals surface area (Å²) in [5, 5.41) is 3.13. The van der Waals surface area contributed by atoms with Crippen molar-refractivity contribution in [3.05, 3.63) is 36.3 Å². The van der Waals surface area contributed by atoms with Crippen molar-refractivity contribution in [1.29, 1.82) is 0 Å². The van der Waals surface area contributed by atoms with Gasteiger partial charge in [0.1, 0.15) is 5.76 Å².